The second-order valence-electron chi connectivity index (χ2n) is 3.60. The fraction of sp³-hybridized carbons (Fsp3) is 0.231. The van der Waals surface area contributed by atoms with Gasteiger partial charge in [0.2, 0.25) is 0 Å². The van der Waals surface area contributed by atoms with Gasteiger partial charge in [0.25, 0.3) is 0 Å². The molecule has 0 amide bonds. The summed E-state index contributed by atoms with van der Waals surface area (Å²) in [5.74, 6) is 0. The lowest BCUT2D eigenvalue weighted by molar-refractivity contribution is 0.927. The van der Waals surface area contributed by atoms with Gasteiger partial charge in [0.15, 0.2) is 0 Å². The topological polar surface area (TPSA) is 25.8 Å². The number of aryl methyl sites for hydroxylation is 3. The molecule has 0 spiro atoms. The van der Waals surface area contributed by atoms with E-state index in [0.29, 0.717) is 0 Å². The summed E-state index contributed by atoms with van der Waals surface area (Å²) in [6.07, 6.45) is 7.61. The standard InChI is InChI=1S/C13H14N2/c1-11-13(3-2-8-15-11)5-4-12-6-9-14-10-7-12/h2-3,6-10H,4-5H2,1H3. The van der Waals surface area contributed by atoms with Gasteiger partial charge in [0, 0.05) is 24.3 Å². The average Bonchev–Trinajstić information content (AvgIpc) is 2.29. The first-order valence-electron chi connectivity index (χ1n) is 5.15. The maximum absolute atomic E-state index is 4.28. The smallest absolute Gasteiger partial charge is 0.0404 e. The van der Waals surface area contributed by atoms with Crippen LogP contribution in [0.5, 0.6) is 0 Å². The largest absolute Gasteiger partial charge is 0.265 e. The molecule has 0 radical (unpaired) electrons. The van der Waals surface area contributed by atoms with E-state index in [9.17, 15) is 0 Å². The molecule has 2 heterocycles. The van der Waals surface area contributed by atoms with Crippen molar-refractivity contribution in [2.75, 3.05) is 0 Å². The van der Waals surface area contributed by atoms with Crippen molar-refractivity contribution < 1.29 is 0 Å². The Bertz CT molecular complexity index is 424. The quantitative estimate of drug-likeness (QED) is 0.757. The first kappa shape index (κ1) is 9.84. The number of aromatic nitrogens is 2. The van der Waals surface area contributed by atoms with Gasteiger partial charge in [0.05, 0.1) is 0 Å². The molecule has 2 heteroatoms. The first-order valence-corrected chi connectivity index (χ1v) is 5.15. The van der Waals surface area contributed by atoms with E-state index in [2.05, 4.69) is 35.1 Å². The monoisotopic (exact) mass is 198 g/mol. The Morgan fingerprint density at radius 3 is 2.53 bits per heavy atom. The van der Waals surface area contributed by atoms with E-state index in [-0.39, 0.29) is 0 Å². The van der Waals surface area contributed by atoms with E-state index >= 15 is 0 Å². The molecule has 0 unspecified atom stereocenters. The molecule has 0 aliphatic carbocycles. The Hall–Kier alpha value is -1.70. The summed E-state index contributed by atoms with van der Waals surface area (Å²) in [5, 5.41) is 0. The minimum atomic E-state index is 1.05. The lowest BCUT2D eigenvalue weighted by Gasteiger charge is -2.04. The van der Waals surface area contributed by atoms with Crippen LogP contribution in [0.1, 0.15) is 16.8 Å². The molecule has 15 heavy (non-hydrogen) atoms. The van der Waals surface area contributed by atoms with Crippen molar-refractivity contribution in [3.8, 4) is 0 Å². The molecule has 2 aromatic heterocycles. The van der Waals surface area contributed by atoms with Crippen molar-refractivity contribution in [3.05, 3.63) is 59.7 Å². The van der Waals surface area contributed by atoms with Crippen LogP contribution in [0.2, 0.25) is 0 Å². The molecule has 0 aliphatic rings. The van der Waals surface area contributed by atoms with E-state index in [0.717, 1.165) is 18.5 Å². The molecule has 0 atom stereocenters. The van der Waals surface area contributed by atoms with Gasteiger partial charge in [-0.2, -0.15) is 0 Å². The van der Waals surface area contributed by atoms with Crippen molar-refractivity contribution >= 4 is 0 Å². The van der Waals surface area contributed by atoms with Crippen LogP contribution in [0.25, 0.3) is 0 Å². The maximum atomic E-state index is 4.28. The van der Waals surface area contributed by atoms with Crippen LogP contribution in [0, 0.1) is 6.92 Å². The van der Waals surface area contributed by atoms with Gasteiger partial charge in [-0.1, -0.05) is 6.07 Å². The minimum absolute atomic E-state index is 1.05. The highest BCUT2D eigenvalue weighted by Gasteiger charge is 1.98. The van der Waals surface area contributed by atoms with Gasteiger partial charge in [0.1, 0.15) is 0 Å². The molecule has 0 saturated carbocycles. The molecule has 0 fully saturated rings. The molecular weight excluding hydrogens is 184 g/mol. The minimum Gasteiger partial charge on any atom is -0.265 e. The highest BCUT2D eigenvalue weighted by atomic mass is 14.7. The normalized spacial score (nSPS) is 10.2. The zero-order valence-electron chi connectivity index (χ0n) is 8.85. The third-order valence-electron chi connectivity index (χ3n) is 2.55. The van der Waals surface area contributed by atoms with Gasteiger partial charge < -0.3 is 0 Å². The Morgan fingerprint density at radius 1 is 1.00 bits per heavy atom. The molecule has 76 valence electrons. The van der Waals surface area contributed by atoms with Crippen LogP contribution in [0.3, 0.4) is 0 Å². The Morgan fingerprint density at radius 2 is 1.80 bits per heavy atom. The molecular formula is C13H14N2. The molecule has 2 aromatic rings. The van der Waals surface area contributed by atoms with Gasteiger partial charge in [-0.15, -0.1) is 0 Å². The summed E-state index contributed by atoms with van der Waals surface area (Å²) in [6.45, 7) is 2.06. The van der Waals surface area contributed by atoms with Crippen LogP contribution >= 0.6 is 0 Å². The zero-order chi connectivity index (χ0) is 10.5. The third-order valence-corrected chi connectivity index (χ3v) is 2.55. The molecule has 0 bridgehead atoms. The van der Waals surface area contributed by atoms with E-state index < -0.39 is 0 Å². The van der Waals surface area contributed by atoms with Crippen LogP contribution in [0.4, 0.5) is 0 Å². The first-order chi connectivity index (χ1) is 7.36. The Kier molecular flexibility index (Phi) is 3.08. The van der Waals surface area contributed by atoms with E-state index in [1.54, 1.807) is 0 Å². The predicted molar refractivity (Wildman–Crippen MR) is 60.6 cm³/mol. The maximum Gasteiger partial charge on any atom is 0.0404 e. The van der Waals surface area contributed by atoms with Gasteiger partial charge >= 0.3 is 0 Å². The summed E-state index contributed by atoms with van der Waals surface area (Å²) in [4.78, 5) is 8.28. The van der Waals surface area contributed by atoms with Crippen LogP contribution < -0.4 is 0 Å². The lowest BCUT2D eigenvalue weighted by atomic mass is 10.0. The highest BCUT2D eigenvalue weighted by molar-refractivity contribution is 5.20. The van der Waals surface area contributed by atoms with E-state index in [4.69, 9.17) is 0 Å². The molecule has 0 aliphatic heterocycles. The molecule has 0 saturated heterocycles. The van der Waals surface area contributed by atoms with E-state index in [1.165, 1.54) is 11.1 Å². The molecule has 2 rings (SSSR count). The summed E-state index contributed by atoms with van der Waals surface area (Å²) in [6, 6.07) is 8.26. The number of nitrogens with zero attached hydrogens (tertiary/aromatic N) is 2. The van der Waals surface area contributed by atoms with Crippen molar-refractivity contribution in [1.29, 1.82) is 0 Å². The average molecular weight is 198 g/mol. The summed E-state index contributed by atoms with van der Waals surface area (Å²) >= 11 is 0. The Balaban J connectivity index is 2.03. The van der Waals surface area contributed by atoms with Gasteiger partial charge in [-0.25, -0.2) is 0 Å². The van der Waals surface area contributed by atoms with Gasteiger partial charge in [-0.05, 0) is 49.1 Å². The second-order valence-corrected chi connectivity index (χ2v) is 3.60. The summed E-state index contributed by atoms with van der Waals surface area (Å²) < 4.78 is 0. The Labute approximate surface area is 90.0 Å². The molecule has 0 aromatic carbocycles. The number of hydrogen-bond donors (Lipinski definition) is 0. The van der Waals surface area contributed by atoms with Gasteiger partial charge in [-0.3, -0.25) is 9.97 Å². The van der Waals surface area contributed by atoms with Crippen molar-refractivity contribution in [3.63, 3.8) is 0 Å². The summed E-state index contributed by atoms with van der Waals surface area (Å²) in [7, 11) is 0. The number of pyridine rings is 2. The van der Waals surface area contributed by atoms with Crippen LogP contribution in [-0.4, -0.2) is 9.97 Å². The fourth-order valence-corrected chi connectivity index (χ4v) is 1.61. The third kappa shape index (κ3) is 2.62. The molecule has 0 N–H and O–H groups in total. The summed E-state index contributed by atoms with van der Waals surface area (Å²) in [5.41, 5.74) is 3.79. The zero-order valence-corrected chi connectivity index (χ0v) is 8.85. The fourth-order valence-electron chi connectivity index (χ4n) is 1.61. The van der Waals surface area contributed by atoms with Crippen molar-refractivity contribution in [2.45, 2.75) is 19.8 Å². The SMILES string of the molecule is Cc1ncccc1CCc1ccncc1. The second kappa shape index (κ2) is 4.69. The van der Waals surface area contributed by atoms with Crippen LogP contribution in [0.15, 0.2) is 42.9 Å². The highest BCUT2D eigenvalue weighted by Crippen LogP contribution is 2.08. The predicted octanol–water partition coefficient (Wildman–Crippen LogP) is 2.57. The number of rotatable bonds is 3. The molecule has 2 nitrogen and oxygen atoms in total. The number of hydrogen-bond acceptors (Lipinski definition) is 2. The van der Waals surface area contributed by atoms with Crippen LogP contribution in [-0.2, 0) is 12.8 Å². The van der Waals surface area contributed by atoms with E-state index in [1.807, 2.05) is 24.7 Å². The van der Waals surface area contributed by atoms with Crippen molar-refractivity contribution in [1.82, 2.24) is 9.97 Å². The van der Waals surface area contributed by atoms with Crippen molar-refractivity contribution in [2.24, 2.45) is 0 Å². The lowest BCUT2D eigenvalue weighted by Crippen LogP contribution is -1.95.